The number of hydrogen-bond acceptors (Lipinski definition) is 4. The van der Waals surface area contributed by atoms with E-state index in [0.717, 1.165) is 17.7 Å². The number of benzene rings is 3. The Bertz CT molecular complexity index is 1050. The molecule has 3 aromatic carbocycles. The Labute approximate surface area is 193 Å². The third-order valence-corrected chi connectivity index (χ3v) is 4.72. The van der Waals surface area contributed by atoms with Gasteiger partial charge in [0.25, 0.3) is 11.8 Å². The zero-order chi connectivity index (χ0) is 22.8. The molecule has 3 N–H and O–H groups in total. The van der Waals surface area contributed by atoms with Gasteiger partial charge in [-0.3, -0.25) is 14.9 Å². The van der Waals surface area contributed by atoms with Gasteiger partial charge < -0.3 is 15.4 Å². The Balaban J connectivity index is 1.48. The fourth-order valence-electron chi connectivity index (χ4n) is 2.85. The second kappa shape index (κ2) is 11.6. The van der Waals surface area contributed by atoms with E-state index in [1.54, 1.807) is 48.5 Å². The largest absolute Gasteiger partial charge is 0.494 e. The van der Waals surface area contributed by atoms with Crippen molar-refractivity contribution >= 4 is 34.8 Å². The maximum Gasteiger partial charge on any atom is 0.257 e. The number of thiocarbonyl (C=S) groups is 1. The van der Waals surface area contributed by atoms with Crippen LogP contribution in [-0.2, 0) is 6.54 Å². The summed E-state index contributed by atoms with van der Waals surface area (Å²) in [5.74, 6) is 0.237. The lowest BCUT2D eigenvalue weighted by Crippen LogP contribution is -2.34. The molecule has 0 aliphatic rings. The highest BCUT2D eigenvalue weighted by molar-refractivity contribution is 7.80. The topological polar surface area (TPSA) is 79.5 Å². The van der Waals surface area contributed by atoms with Crippen LogP contribution in [0.4, 0.5) is 5.69 Å². The Morgan fingerprint density at radius 1 is 0.844 bits per heavy atom. The SMILES string of the molecule is CCCOc1ccc(C(=O)NC(=S)Nc2ccc(C(=O)NCc3ccccc3)cc2)cc1. The molecule has 0 unspecified atom stereocenters. The number of anilines is 1. The van der Waals surface area contributed by atoms with Crippen molar-refractivity contribution in [2.24, 2.45) is 0 Å². The zero-order valence-electron chi connectivity index (χ0n) is 17.8. The fourth-order valence-corrected chi connectivity index (χ4v) is 3.06. The number of carbonyl (C=O) groups is 2. The van der Waals surface area contributed by atoms with Crippen molar-refractivity contribution < 1.29 is 14.3 Å². The number of rotatable bonds is 8. The summed E-state index contributed by atoms with van der Waals surface area (Å²) in [6.45, 7) is 3.12. The molecule has 6 nitrogen and oxygen atoms in total. The van der Waals surface area contributed by atoms with E-state index in [4.69, 9.17) is 17.0 Å². The summed E-state index contributed by atoms with van der Waals surface area (Å²) in [5, 5.41) is 8.65. The van der Waals surface area contributed by atoms with Gasteiger partial charge in [-0.25, -0.2) is 0 Å². The lowest BCUT2D eigenvalue weighted by atomic mass is 10.1. The van der Waals surface area contributed by atoms with Crippen LogP contribution >= 0.6 is 12.2 Å². The van der Waals surface area contributed by atoms with Crippen LogP contribution in [0, 0.1) is 0 Å². The Kier molecular flexibility index (Phi) is 8.34. The van der Waals surface area contributed by atoms with Crippen molar-refractivity contribution in [3.8, 4) is 5.75 Å². The fraction of sp³-hybridized carbons (Fsp3) is 0.160. The first-order valence-electron chi connectivity index (χ1n) is 10.3. The van der Waals surface area contributed by atoms with Crippen LogP contribution in [0.15, 0.2) is 78.9 Å². The van der Waals surface area contributed by atoms with E-state index >= 15 is 0 Å². The van der Waals surface area contributed by atoms with Gasteiger partial charge >= 0.3 is 0 Å². The third kappa shape index (κ3) is 6.92. The quantitative estimate of drug-likeness (QED) is 0.442. The van der Waals surface area contributed by atoms with Crippen LogP contribution in [0.2, 0.25) is 0 Å². The average molecular weight is 448 g/mol. The first kappa shape index (κ1) is 23.0. The summed E-state index contributed by atoms with van der Waals surface area (Å²) >= 11 is 5.23. The molecule has 0 aliphatic heterocycles. The van der Waals surface area contributed by atoms with E-state index < -0.39 is 0 Å². The van der Waals surface area contributed by atoms with Crippen molar-refractivity contribution in [2.75, 3.05) is 11.9 Å². The Hall–Kier alpha value is -3.71. The molecular formula is C25H25N3O3S. The van der Waals surface area contributed by atoms with Crippen molar-refractivity contribution in [3.05, 3.63) is 95.6 Å². The highest BCUT2D eigenvalue weighted by Crippen LogP contribution is 2.13. The molecule has 0 saturated heterocycles. The van der Waals surface area contributed by atoms with Gasteiger partial charge in [0.05, 0.1) is 6.61 Å². The second-order valence-corrected chi connectivity index (χ2v) is 7.43. The molecule has 0 atom stereocenters. The van der Waals surface area contributed by atoms with Gasteiger partial charge in [0.15, 0.2) is 5.11 Å². The van der Waals surface area contributed by atoms with Gasteiger partial charge in [0, 0.05) is 23.4 Å². The molecule has 0 heterocycles. The third-order valence-electron chi connectivity index (χ3n) is 4.52. The predicted octanol–water partition coefficient (Wildman–Crippen LogP) is 4.53. The molecule has 3 rings (SSSR count). The molecule has 0 aliphatic carbocycles. The van der Waals surface area contributed by atoms with E-state index in [1.165, 1.54) is 0 Å². The van der Waals surface area contributed by atoms with Crippen molar-refractivity contribution in [1.82, 2.24) is 10.6 Å². The molecule has 0 spiro atoms. The number of ether oxygens (including phenoxy) is 1. The monoisotopic (exact) mass is 447 g/mol. The van der Waals surface area contributed by atoms with Crippen molar-refractivity contribution in [2.45, 2.75) is 19.9 Å². The first-order valence-corrected chi connectivity index (χ1v) is 10.7. The van der Waals surface area contributed by atoms with Crippen LogP contribution < -0.4 is 20.7 Å². The van der Waals surface area contributed by atoms with Gasteiger partial charge in [-0.05, 0) is 72.7 Å². The average Bonchev–Trinajstić information content (AvgIpc) is 2.82. The molecule has 3 aromatic rings. The first-order chi connectivity index (χ1) is 15.5. The number of hydrogen-bond donors (Lipinski definition) is 3. The summed E-state index contributed by atoms with van der Waals surface area (Å²) in [4.78, 5) is 24.7. The van der Waals surface area contributed by atoms with Crippen molar-refractivity contribution in [3.63, 3.8) is 0 Å². The molecule has 164 valence electrons. The summed E-state index contributed by atoms with van der Waals surface area (Å²) < 4.78 is 5.52. The summed E-state index contributed by atoms with van der Waals surface area (Å²) in [6, 6.07) is 23.4. The standard InChI is InChI=1S/C25H25N3O3S/c1-2-16-31-22-14-10-20(11-15-22)24(30)28-25(32)27-21-12-8-19(9-13-21)23(29)26-17-18-6-4-3-5-7-18/h3-15H,2,16-17H2,1H3,(H,26,29)(H2,27,28,30,32). The second-order valence-electron chi connectivity index (χ2n) is 7.03. The lowest BCUT2D eigenvalue weighted by Gasteiger charge is -2.11. The van der Waals surface area contributed by atoms with Crippen LogP contribution in [0.5, 0.6) is 5.75 Å². The van der Waals surface area contributed by atoms with Gasteiger partial charge in [-0.15, -0.1) is 0 Å². The van der Waals surface area contributed by atoms with Crippen LogP contribution in [0.1, 0.15) is 39.6 Å². The molecule has 0 saturated carbocycles. The molecule has 32 heavy (non-hydrogen) atoms. The normalized spacial score (nSPS) is 10.2. The van der Waals surface area contributed by atoms with Gasteiger partial charge in [0.2, 0.25) is 0 Å². The molecule has 0 aromatic heterocycles. The molecule has 0 bridgehead atoms. The molecule has 0 radical (unpaired) electrons. The smallest absolute Gasteiger partial charge is 0.257 e. The maximum atomic E-state index is 12.4. The zero-order valence-corrected chi connectivity index (χ0v) is 18.6. The van der Waals surface area contributed by atoms with Gasteiger partial charge in [-0.2, -0.15) is 0 Å². The van der Waals surface area contributed by atoms with Crippen molar-refractivity contribution in [1.29, 1.82) is 0 Å². The number of carbonyl (C=O) groups excluding carboxylic acids is 2. The van der Waals surface area contributed by atoms with E-state index in [0.29, 0.717) is 30.0 Å². The lowest BCUT2D eigenvalue weighted by molar-refractivity contribution is 0.0948. The minimum absolute atomic E-state index is 0.164. The predicted molar refractivity (Wildman–Crippen MR) is 130 cm³/mol. The van der Waals surface area contributed by atoms with Gasteiger partial charge in [0.1, 0.15) is 5.75 Å². The van der Waals surface area contributed by atoms with E-state index in [1.807, 2.05) is 37.3 Å². The van der Waals surface area contributed by atoms with E-state index in [-0.39, 0.29) is 16.9 Å². The minimum atomic E-state index is -0.318. The van der Waals surface area contributed by atoms with Crippen LogP contribution in [0.3, 0.4) is 0 Å². The van der Waals surface area contributed by atoms with Gasteiger partial charge in [-0.1, -0.05) is 37.3 Å². The van der Waals surface area contributed by atoms with E-state index in [9.17, 15) is 9.59 Å². The minimum Gasteiger partial charge on any atom is -0.494 e. The molecule has 7 heteroatoms. The summed E-state index contributed by atoms with van der Waals surface area (Å²) in [6.07, 6.45) is 0.918. The van der Waals surface area contributed by atoms with E-state index in [2.05, 4.69) is 16.0 Å². The summed E-state index contributed by atoms with van der Waals surface area (Å²) in [7, 11) is 0. The molecule has 2 amide bonds. The van der Waals surface area contributed by atoms with Crippen LogP contribution in [-0.4, -0.2) is 23.5 Å². The number of nitrogens with one attached hydrogen (secondary N) is 3. The maximum absolute atomic E-state index is 12.4. The number of amides is 2. The van der Waals surface area contributed by atoms with Crippen LogP contribution in [0.25, 0.3) is 0 Å². The Morgan fingerprint density at radius 3 is 2.12 bits per heavy atom. The Morgan fingerprint density at radius 2 is 1.47 bits per heavy atom. The molecular weight excluding hydrogens is 422 g/mol. The highest BCUT2D eigenvalue weighted by atomic mass is 32.1. The summed E-state index contributed by atoms with van der Waals surface area (Å²) in [5.41, 5.74) is 2.71. The highest BCUT2D eigenvalue weighted by Gasteiger charge is 2.09. The molecule has 0 fully saturated rings.